The van der Waals surface area contributed by atoms with Crippen LogP contribution in [-0.2, 0) is 11.0 Å². The lowest BCUT2D eigenvalue weighted by Crippen LogP contribution is -2.12. The number of carbonyl (C=O) groups is 1. The normalized spacial score (nSPS) is 11.4. The van der Waals surface area contributed by atoms with Crippen molar-refractivity contribution in [2.24, 2.45) is 0 Å². The van der Waals surface area contributed by atoms with E-state index in [9.17, 15) is 28.1 Å². The molecule has 0 spiro atoms. The summed E-state index contributed by atoms with van der Waals surface area (Å²) in [7, 11) is 0. The molecule has 0 atom stereocenters. The number of ether oxygens (including phenoxy) is 1. The molecule has 29 heavy (non-hydrogen) atoms. The summed E-state index contributed by atoms with van der Waals surface area (Å²) >= 11 is 29.9. The van der Waals surface area contributed by atoms with Crippen molar-refractivity contribution in [3.8, 4) is 5.75 Å². The average Bonchev–Trinajstić information content (AvgIpc) is 2.65. The monoisotopic (exact) mass is 527 g/mol. The fourth-order valence-corrected chi connectivity index (χ4v) is 3.89. The molecule has 0 aromatic heterocycles. The van der Waals surface area contributed by atoms with Crippen molar-refractivity contribution in [2.45, 2.75) is 11.1 Å². The number of hydrogen-bond donors (Lipinski definition) is 0. The first-order valence-corrected chi connectivity index (χ1v) is 9.92. The number of nitro benzene ring substituents is 1. The molecule has 0 saturated heterocycles. The summed E-state index contributed by atoms with van der Waals surface area (Å²) in [5, 5.41) is 9.91. The van der Waals surface area contributed by atoms with Gasteiger partial charge in [0, 0.05) is 6.07 Å². The van der Waals surface area contributed by atoms with Gasteiger partial charge in [-0.15, -0.1) is 11.8 Å². The highest BCUT2D eigenvalue weighted by atomic mass is 35.5. The Bertz CT molecular complexity index is 974. The number of thioether (sulfide) groups is 1. The molecule has 2 aromatic rings. The minimum Gasteiger partial charge on any atom is -0.423 e. The van der Waals surface area contributed by atoms with Gasteiger partial charge in [0.2, 0.25) is 0 Å². The highest BCUT2D eigenvalue weighted by Crippen LogP contribution is 2.48. The average molecular weight is 530 g/mol. The summed E-state index contributed by atoms with van der Waals surface area (Å²) < 4.78 is 43.2. The number of esters is 1. The minimum absolute atomic E-state index is 0.155. The molecule has 0 aliphatic carbocycles. The van der Waals surface area contributed by atoms with Gasteiger partial charge in [0.25, 0.3) is 5.69 Å². The molecule has 5 nitrogen and oxygen atoms in total. The first kappa shape index (κ1) is 24.2. The molecule has 2 aromatic carbocycles. The van der Waals surface area contributed by atoms with Gasteiger partial charge in [-0.05, 0) is 12.1 Å². The van der Waals surface area contributed by atoms with E-state index in [-0.39, 0.29) is 35.8 Å². The molecule has 0 aliphatic heterocycles. The molecular formula is C15H5Cl5F3NO4S. The van der Waals surface area contributed by atoms with Gasteiger partial charge in [-0.25, -0.2) is 0 Å². The Morgan fingerprint density at radius 2 is 1.55 bits per heavy atom. The van der Waals surface area contributed by atoms with E-state index >= 15 is 0 Å². The van der Waals surface area contributed by atoms with Crippen LogP contribution in [0.1, 0.15) is 5.56 Å². The first-order valence-electron chi connectivity index (χ1n) is 7.05. The van der Waals surface area contributed by atoms with Gasteiger partial charge in [-0.3, -0.25) is 14.9 Å². The minimum atomic E-state index is -4.76. The Kier molecular flexibility index (Phi) is 7.80. The Morgan fingerprint density at radius 3 is 2.03 bits per heavy atom. The number of rotatable bonds is 5. The smallest absolute Gasteiger partial charge is 0.416 e. The van der Waals surface area contributed by atoms with Crippen LogP contribution in [0.25, 0.3) is 0 Å². The number of halogens is 8. The largest absolute Gasteiger partial charge is 0.423 e. The van der Waals surface area contributed by atoms with Crippen LogP contribution in [0.15, 0.2) is 23.1 Å². The molecule has 0 amide bonds. The molecule has 156 valence electrons. The molecule has 0 fully saturated rings. The zero-order valence-electron chi connectivity index (χ0n) is 13.5. The Morgan fingerprint density at radius 1 is 1.03 bits per heavy atom. The SMILES string of the molecule is O=C(CSc1ccc(C(F)(F)F)cc1[N+](=O)[O-])Oc1c(Cl)c(Cl)c(Cl)c(Cl)c1Cl. The van der Waals surface area contributed by atoms with Crippen LogP contribution in [0.3, 0.4) is 0 Å². The number of nitrogens with zero attached hydrogens (tertiary/aromatic N) is 1. The maximum absolute atomic E-state index is 12.7. The lowest BCUT2D eigenvalue weighted by atomic mass is 10.2. The van der Waals surface area contributed by atoms with Gasteiger partial charge in [0.05, 0.1) is 36.2 Å². The van der Waals surface area contributed by atoms with E-state index in [2.05, 4.69) is 0 Å². The summed E-state index contributed by atoms with van der Waals surface area (Å²) in [6.45, 7) is 0. The van der Waals surface area contributed by atoms with Crippen LogP contribution in [0, 0.1) is 10.1 Å². The number of benzene rings is 2. The third-order valence-electron chi connectivity index (χ3n) is 3.21. The molecule has 14 heteroatoms. The predicted octanol–water partition coefficient (Wildman–Crippen LogP) is 7.58. The number of carbonyl (C=O) groups excluding carboxylic acids is 1. The summed E-state index contributed by atoms with van der Waals surface area (Å²) in [6, 6.07) is 1.92. The predicted molar refractivity (Wildman–Crippen MR) is 106 cm³/mol. The van der Waals surface area contributed by atoms with Gasteiger partial charge in [0.1, 0.15) is 10.0 Å². The quantitative estimate of drug-likeness (QED) is 0.0760. The van der Waals surface area contributed by atoms with Crippen LogP contribution < -0.4 is 4.74 Å². The number of hydrogen-bond acceptors (Lipinski definition) is 5. The van der Waals surface area contributed by atoms with Gasteiger partial charge < -0.3 is 4.74 Å². The van der Waals surface area contributed by atoms with E-state index in [0.717, 1.165) is 6.07 Å². The molecule has 0 bridgehead atoms. The first-order chi connectivity index (χ1) is 13.3. The fraction of sp³-hybridized carbons (Fsp3) is 0.133. The molecule has 0 radical (unpaired) electrons. The summed E-state index contributed by atoms with van der Waals surface area (Å²) in [6.07, 6.45) is -4.76. The van der Waals surface area contributed by atoms with E-state index in [1.54, 1.807) is 0 Å². The second kappa shape index (κ2) is 9.36. The van der Waals surface area contributed by atoms with Gasteiger partial charge >= 0.3 is 12.1 Å². The Hall–Kier alpha value is -1.10. The van der Waals surface area contributed by atoms with E-state index in [1.165, 1.54) is 0 Å². The number of nitro groups is 1. The maximum Gasteiger partial charge on any atom is 0.416 e. The van der Waals surface area contributed by atoms with Crippen LogP contribution in [-0.4, -0.2) is 16.6 Å². The van der Waals surface area contributed by atoms with E-state index in [1.807, 2.05) is 0 Å². The second-order valence-electron chi connectivity index (χ2n) is 5.10. The van der Waals surface area contributed by atoms with Crippen molar-refractivity contribution in [1.29, 1.82) is 0 Å². The second-order valence-corrected chi connectivity index (χ2v) is 8.01. The molecule has 0 N–H and O–H groups in total. The molecular weight excluding hydrogens is 524 g/mol. The number of alkyl halides is 3. The van der Waals surface area contributed by atoms with Crippen molar-refractivity contribution < 1.29 is 27.6 Å². The highest BCUT2D eigenvalue weighted by Gasteiger charge is 2.33. The van der Waals surface area contributed by atoms with Crippen molar-refractivity contribution >= 4 is 81.4 Å². The van der Waals surface area contributed by atoms with Gasteiger partial charge in [0.15, 0.2) is 5.75 Å². The van der Waals surface area contributed by atoms with Crippen molar-refractivity contribution in [1.82, 2.24) is 0 Å². The Labute approximate surface area is 190 Å². The third kappa shape index (κ3) is 5.53. The maximum atomic E-state index is 12.7. The topological polar surface area (TPSA) is 69.4 Å². The molecule has 0 heterocycles. The van der Waals surface area contributed by atoms with Crippen LogP contribution in [0.5, 0.6) is 5.75 Å². The van der Waals surface area contributed by atoms with Crippen molar-refractivity contribution in [3.63, 3.8) is 0 Å². The Balaban J connectivity index is 2.22. The lowest BCUT2D eigenvalue weighted by Gasteiger charge is -2.12. The molecule has 0 unspecified atom stereocenters. The standard InChI is InChI=1S/C15H5Cl5F3NO4S/c16-9-10(17)12(19)14(13(20)11(9)18)28-8(25)4-29-7-2-1-5(15(21,22)23)3-6(7)24(26)27/h1-3H,4H2. The van der Waals surface area contributed by atoms with Crippen LogP contribution in [0.4, 0.5) is 18.9 Å². The van der Waals surface area contributed by atoms with Crippen LogP contribution in [0.2, 0.25) is 25.1 Å². The summed E-state index contributed by atoms with van der Waals surface area (Å²) in [5.41, 5.74) is -2.01. The lowest BCUT2D eigenvalue weighted by molar-refractivity contribution is -0.388. The zero-order valence-corrected chi connectivity index (χ0v) is 18.0. The molecule has 2 rings (SSSR count). The van der Waals surface area contributed by atoms with Crippen molar-refractivity contribution in [3.05, 3.63) is 59.0 Å². The zero-order chi connectivity index (χ0) is 22.1. The molecule has 0 saturated carbocycles. The van der Waals surface area contributed by atoms with E-state index in [4.69, 9.17) is 62.7 Å². The van der Waals surface area contributed by atoms with Gasteiger partial charge in [-0.1, -0.05) is 58.0 Å². The van der Waals surface area contributed by atoms with Crippen molar-refractivity contribution in [2.75, 3.05) is 5.75 Å². The fourth-order valence-electron chi connectivity index (χ4n) is 1.91. The van der Waals surface area contributed by atoms with Gasteiger partial charge in [-0.2, -0.15) is 13.2 Å². The van der Waals surface area contributed by atoms with E-state index < -0.39 is 34.1 Å². The van der Waals surface area contributed by atoms with E-state index in [0.29, 0.717) is 23.9 Å². The van der Waals surface area contributed by atoms with Crippen LogP contribution >= 0.6 is 69.8 Å². The molecule has 0 aliphatic rings. The summed E-state index contributed by atoms with van der Waals surface area (Å²) in [5.74, 6) is -1.86. The highest BCUT2D eigenvalue weighted by molar-refractivity contribution is 8.00. The third-order valence-corrected chi connectivity index (χ3v) is 6.49. The summed E-state index contributed by atoms with van der Waals surface area (Å²) in [4.78, 5) is 22.0.